The zero-order chi connectivity index (χ0) is 20.1. The number of ketones is 1. The molecule has 1 atom stereocenters. The van der Waals surface area contributed by atoms with Crippen molar-refractivity contribution in [2.45, 2.75) is 65.3 Å². The summed E-state index contributed by atoms with van der Waals surface area (Å²) in [6.07, 6.45) is 6.77. The molecule has 5 heteroatoms. The lowest BCUT2D eigenvalue weighted by molar-refractivity contribution is -0.170. The van der Waals surface area contributed by atoms with Crippen LogP contribution in [-0.4, -0.2) is 36.6 Å². The van der Waals surface area contributed by atoms with Gasteiger partial charge in [-0.25, -0.2) is 0 Å². The van der Waals surface area contributed by atoms with Crippen molar-refractivity contribution in [3.05, 3.63) is 23.0 Å². The van der Waals surface area contributed by atoms with E-state index in [1.165, 1.54) is 19.3 Å². The smallest absolute Gasteiger partial charge is 0.312 e. The SMILES string of the molecule is COC[C@@H](C)n1c(C)cc(C(=O)COC(=O)C23CC4CC(CC(C4)C2)C3)c1C. The molecule has 0 radical (unpaired) electrons. The molecule has 1 aromatic rings. The number of ether oxygens (including phenoxy) is 2. The van der Waals surface area contributed by atoms with Gasteiger partial charge in [-0.3, -0.25) is 9.59 Å². The van der Waals surface area contributed by atoms with Gasteiger partial charge in [0, 0.05) is 24.1 Å². The largest absolute Gasteiger partial charge is 0.457 e. The van der Waals surface area contributed by atoms with Gasteiger partial charge < -0.3 is 14.0 Å². The highest BCUT2D eigenvalue weighted by molar-refractivity contribution is 5.99. The van der Waals surface area contributed by atoms with E-state index < -0.39 is 0 Å². The maximum atomic E-state index is 13.0. The maximum absolute atomic E-state index is 13.0. The molecule has 5 rings (SSSR count). The number of carbonyl (C=O) groups excluding carboxylic acids is 2. The van der Waals surface area contributed by atoms with Gasteiger partial charge in [0.25, 0.3) is 0 Å². The van der Waals surface area contributed by atoms with Crippen molar-refractivity contribution in [1.82, 2.24) is 4.57 Å². The number of hydrogen-bond donors (Lipinski definition) is 0. The third-order valence-electron chi connectivity index (χ3n) is 7.44. The molecule has 4 bridgehead atoms. The average molecular weight is 388 g/mol. The fourth-order valence-corrected chi connectivity index (χ4v) is 6.78. The molecule has 4 aliphatic carbocycles. The van der Waals surface area contributed by atoms with E-state index >= 15 is 0 Å². The number of nitrogens with zero attached hydrogens (tertiary/aromatic N) is 1. The Morgan fingerprint density at radius 1 is 1.14 bits per heavy atom. The third kappa shape index (κ3) is 3.32. The van der Waals surface area contributed by atoms with Crippen molar-refractivity contribution in [3.63, 3.8) is 0 Å². The summed E-state index contributed by atoms with van der Waals surface area (Å²) in [6.45, 7) is 6.46. The van der Waals surface area contributed by atoms with Gasteiger partial charge in [-0.05, 0) is 83.1 Å². The number of aromatic nitrogens is 1. The van der Waals surface area contributed by atoms with Crippen LogP contribution in [0.15, 0.2) is 6.07 Å². The Morgan fingerprint density at radius 2 is 1.71 bits per heavy atom. The highest BCUT2D eigenvalue weighted by Gasteiger charge is 2.55. The molecule has 0 amide bonds. The Labute approximate surface area is 167 Å². The van der Waals surface area contributed by atoms with Gasteiger partial charge in [0.2, 0.25) is 5.78 Å². The number of rotatable bonds is 7. The first kappa shape index (κ1) is 19.7. The first-order valence-electron chi connectivity index (χ1n) is 10.7. The van der Waals surface area contributed by atoms with Crippen LogP contribution >= 0.6 is 0 Å². The number of aryl methyl sites for hydroxylation is 1. The van der Waals surface area contributed by atoms with Crippen molar-refractivity contribution in [2.24, 2.45) is 23.2 Å². The molecule has 4 fully saturated rings. The molecule has 0 unspecified atom stereocenters. The summed E-state index contributed by atoms with van der Waals surface area (Å²) in [5.41, 5.74) is 2.29. The second-order valence-electron chi connectivity index (χ2n) is 9.66. The predicted molar refractivity (Wildman–Crippen MR) is 106 cm³/mol. The molecule has 0 saturated heterocycles. The number of methoxy groups -OCH3 is 1. The topological polar surface area (TPSA) is 57.5 Å². The zero-order valence-corrected chi connectivity index (χ0v) is 17.6. The van der Waals surface area contributed by atoms with E-state index in [4.69, 9.17) is 9.47 Å². The predicted octanol–water partition coefficient (Wildman–Crippen LogP) is 4.25. The van der Waals surface area contributed by atoms with Crippen molar-refractivity contribution >= 4 is 11.8 Å². The summed E-state index contributed by atoms with van der Waals surface area (Å²) < 4.78 is 13.0. The summed E-state index contributed by atoms with van der Waals surface area (Å²) >= 11 is 0. The molecule has 154 valence electrons. The van der Waals surface area contributed by atoms with Crippen LogP contribution in [0.1, 0.15) is 73.2 Å². The quantitative estimate of drug-likeness (QED) is 0.518. The van der Waals surface area contributed by atoms with Crippen LogP contribution in [0.4, 0.5) is 0 Å². The van der Waals surface area contributed by atoms with E-state index in [9.17, 15) is 9.59 Å². The second-order valence-corrected chi connectivity index (χ2v) is 9.66. The molecule has 0 spiro atoms. The Bertz CT molecular complexity index is 743. The number of hydrogen-bond acceptors (Lipinski definition) is 4. The van der Waals surface area contributed by atoms with Gasteiger partial charge in [0.15, 0.2) is 6.61 Å². The highest BCUT2D eigenvalue weighted by atomic mass is 16.5. The Hall–Kier alpha value is -1.62. The molecule has 4 saturated carbocycles. The molecule has 1 aromatic heterocycles. The van der Waals surface area contributed by atoms with E-state index in [0.717, 1.165) is 30.7 Å². The molecule has 5 nitrogen and oxygen atoms in total. The summed E-state index contributed by atoms with van der Waals surface area (Å²) in [5.74, 6) is 1.84. The van der Waals surface area contributed by atoms with Crippen LogP contribution in [0.25, 0.3) is 0 Å². The monoisotopic (exact) mass is 387 g/mol. The highest BCUT2D eigenvalue weighted by Crippen LogP contribution is 2.60. The number of carbonyl (C=O) groups is 2. The summed E-state index contributed by atoms with van der Waals surface area (Å²) in [4.78, 5) is 25.8. The van der Waals surface area contributed by atoms with Crippen LogP contribution in [-0.2, 0) is 14.3 Å². The minimum absolute atomic E-state index is 0.109. The lowest BCUT2D eigenvalue weighted by Gasteiger charge is -2.55. The van der Waals surface area contributed by atoms with Crippen LogP contribution in [0.5, 0.6) is 0 Å². The van der Waals surface area contributed by atoms with E-state index in [1.54, 1.807) is 7.11 Å². The molecular formula is C23H33NO4. The Kier molecular flexibility index (Phi) is 5.15. The van der Waals surface area contributed by atoms with Crippen molar-refractivity contribution in [1.29, 1.82) is 0 Å². The van der Waals surface area contributed by atoms with Gasteiger partial charge in [-0.1, -0.05) is 0 Å². The van der Waals surface area contributed by atoms with E-state index in [1.807, 2.05) is 19.9 Å². The summed E-state index contributed by atoms with van der Waals surface area (Å²) in [7, 11) is 1.68. The Morgan fingerprint density at radius 3 is 2.25 bits per heavy atom. The lowest BCUT2D eigenvalue weighted by Crippen LogP contribution is -2.50. The normalized spacial score (nSPS) is 31.8. The van der Waals surface area contributed by atoms with Crippen LogP contribution < -0.4 is 0 Å². The summed E-state index contributed by atoms with van der Waals surface area (Å²) in [6, 6.07) is 2.06. The van der Waals surface area contributed by atoms with E-state index in [2.05, 4.69) is 11.5 Å². The average Bonchev–Trinajstić information content (AvgIpc) is 2.93. The minimum Gasteiger partial charge on any atom is -0.457 e. The molecule has 28 heavy (non-hydrogen) atoms. The molecular weight excluding hydrogens is 354 g/mol. The molecule has 0 N–H and O–H groups in total. The lowest BCUT2D eigenvalue weighted by atomic mass is 9.49. The van der Waals surface area contributed by atoms with Crippen LogP contribution in [0, 0.1) is 37.0 Å². The number of esters is 1. The van der Waals surface area contributed by atoms with Gasteiger partial charge >= 0.3 is 5.97 Å². The first-order chi connectivity index (χ1) is 13.3. The molecule has 0 aromatic carbocycles. The number of Topliss-reactive ketones (excluding diaryl/α,β-unsaturated/α-hetero) is 1. The van der Waals surface area contributed by atoms with Crippen molar-refractivity contribution < 1.29 is 19.1 Å². The van der Waals surface area contributed by atoms with E-state index in [-0.39, 0.29) is 29.8 Å². The third-order valence-corrected chi connectivity index (χ3v) is 7.44. The van der Waals surface area contributed by atoms with Gasteiger partial charge in [0.05, 0.1) is 18.1 Å². The van der Waals surface area contributed by atoms with Crippen molar-refractivity contribution in [2.75, 3.05) is 20.3 Å². The molecule has 1 heterocycles. The summed E-state index contributed by atoms with van der Waals surface area (Å²) in [5, 5.41) is 0. The zero-order valence-electron chi connectivity index (χ0n) is 17.6. The van der Waals surface area contributed by atoms with Crippen molar-refractivity contribution in [3.8, 4) is 0 Å². The van der Waals surface area contributed by atoms with Gasteiger partial charge in [0.1, 0.15) is 0 Å². The second kappa shape index (κ2) is 7.33. The fourth-order valence-electron chi connectivity index (χ4n) is 6.78. The fraction of sp³-hybridized carbons (Fsp3) is 0.739. The van der Waals surface area contributed by atoms with Gasteiger partial charge in [-0.2, -0.15) is 0 Å². The van der Waals surface area contributed by atoms with Gasteiger partial charge in [-0.15, -0.1) is 0 Å². The first-order valence-corrected chi connectivity index (χ1v) is 10.7. The van der Waals surface area contributed by atoms with E-state index in [0.29, 0.717) is 29.9 Å². The molecule has 4 aliphatic rings. The standard InChI is InChI=1S/C23H33NO4/c1-14-5-20(16(3)24(14)15(2)12-27-4)21(25)13-28-22(26)23-9-17-6-18(10-23)8-19(7-17)11-23/h5,15,17-19H,6-13H2,1-4H3/t15-,17?,18?,19?,23?/m1/s1. The minimum atomic E-state index is -0.307. The van der Waals surface area contributed by atoms with Crippen LogP contribution in [0.3, 0.4) is 0 Å². The maximum Gasteiger partial charge on any atom is 0.312 e. The molecule has 0 aliphatic heterocycles. The Balaban J connectivity index is 1.42. The van der Waals surface area contributed by atoms with Crippen LogP contribution in [0.2, 0.25) is 0 Å².